The standard InChI is InChI=1S/C15H13N5/c1-9(2)11-5-3-4-10(6-16)13(11)15-17-7-12-14(20-15)19-8-18-12/h3-5,7-9H,1-2H3,(H,17,18,19,20). The molecule has 98 valence electrons. The van der Waals surface area contributed by atoms with Crippen molar-refractivity contribution in [2.75, 3.05) is 0 Å². The Bertz CT molecular complexity index is 810. The Morgan fingerprint density at radius 3 is 2.85 bits per heavy atom. The number of aromatic amines is 1. The van der Waals surface area contributed by atoms with Crippen molar-refractivity contribution in [3.63, 3.8) is 0 Å². The molecule has 0 spiro atoms. The van der Waals surface area contributed by atoms with Crippen molar-refractivity contribution < 1.29 is 0 Å². The summed E-state index contributed by atoms with van der Waals surface area (Å²) >= 11 is 0. The Morgan fingerprint density at radius 1 is 1.25 bits per heavy atom. The molecule has 0 aliphatic carbocycles. The molecule has 0 atom stereocenters. The van der Waals surface area contributed by atoms with Crippen molar-refractivity contribution in [3.05, 3.63) is 41.9 Å². The predicted molar refractivity (Wildman–Crippen MR) is 75.9 cm³/mol. The highest BCUT2D eigenvalue weighted by molar-refractivity contribution is 5.75. The molecular formula is C15H13N5. The summed E-state index contributed by atoms with van der Waals surface area (Å²) in [5.41, 5.74) is 3.85. The Labute approximate surface area is 116 Å². The monoisotopic (exact) mass is 263 g/mol. The second-order valence-corrected chi connectivity index (χ2v) is 4.87. The summed E-state index contributed by atoms with van der Waals surface area (Å²) < 4.78 is 0. The van der Waals surface area contributed by atoms with Crippen LogP contribution in [0, 0.1) is 11.3 Å². The van der Waals surface area contributed by atoms with E-state index in [1.807, 2.05) is 12.1 Å². The van der Waals surface area contributed by atoms with Crippen molar-refractivity contribution >= 4 is 11.2 Å². The van der Waals surface area contributed by atoms with Gasteiger partial charge in [-0.1, -0.05) is 26.0 Å². The third kappa shape index (κ3) is 1.91. The van der Waals surface area contributed by atoms with Crippen LogP contribution < -0.4 is 0 Å². The normalized spacial score (nSPS) is 10.9. The van der Waals surface area contributed by atoms with Crippen LogP contribution in [0.3, 0.4) is 0 Å². The zero-order chi connectivity index (χ0) is 14.1. The quantitative estimate of drug-likeness (QED) is 0.770. The molecule has 1 N–H and O–H groups in total. The largest absolute Gasteiger partial charge is 0.342 e. The van der Waals surface area contributed by atoms with Crippen molar-refractivity contribution in [2.24, 2.45) is 0 Å². The fourth-order valence-corrected chi connectivity index (χ4v) is 2.25. The van der Waals surface area contributed by atoms with Crippen molar-refractivity contribution in [2.45, 2.75) is 19.8 Å². The molecule has 0 unspecified atom stereocenters. The molecule has 0 fully saturated rings. The van der Waals surface area contributed by atoms with Gasteiger partial charge in [-0.05, 0) is 17.5 Å². The number of hydrogen-bond donors (Lipinski definition) is 1. The number of rotatable bonds is 2. The minimum Gasteiger partial charge on any atom is -0.342 e. The Kier molecular flexibility index (Phi) is 2.92. The van der Waals surface area contributed by atoms with Crippen molar-refractivity contribution in [3.8, 4) is 17.5 Å². The van der Waals surface area contributed by atoms with Crippen LogP contribution in [0.2, 0.25) is 0 Å². The van der Waals surface area contributed by atoms with E-state index in [2.05, 4.69) is 39.9 Å². The molecule has 5 heteroatoms. The lowest BCUT2D eigenvalue weighted by Crippen LogP contribution is -1.99. The maximum Gasteiger partial charge on any atom is 0.181 e. The minimum atomic E-state index is 0.289. The van der Waals surface area contributed by atoms with Crippen LogP contribution in [-0.2, 0) is 0 Å². The van der Waals surface area contributed by atoms with Gasteiger partial charge in [-0.2, -0.15) is 5.26 Å². The molecule has 0 bridgehead atoms. The number of nitrogens with one attached hydrogen (secondary N) is 1. The van der Waals surface area contributed by atoms with E-state index in [4.69, 9.17) is 0 Å². The van der Waals surface area contributed by atoms with E-state index >= 15 is 0 Å². The van der Waals surface area contributed by atoms with Gasteiger partial charge in [0.05, 0.1) is 24.2 Å². The number of benzene rings is 1. The lowest BCUT2D eigenvalue weighted by atomic mass is 9.93. The van der Waals surface area contributed by atoms with Gasteiger partial charge in [0.2, 0.25) is 0 Å². The average Bonchev–Trinajstić information content (AvgIpc) is 2.93. The predicted octanol–water partition coefficient (Wildman–Crippen LogP) is 3.01. The number of nitriles is 1. The van der Waals surface area contributed by atoms with Crippen LogP contribution in [0.5, 0.6) is 0 Å². The fraction of sp³-hybridized carbons (Fsp3) is 0.200. The molecule has 1 aromatic carbocycles. The highest BCUT2D eigenvalue weighted by Gasteiger charge is 2.16. The molecule has 0 saturated carbocycles. The van der Waals surface area contributed by atoms with Gasteiger partial charge in [0.1, 0.15) is 5.52 Å². The molecule has 2 aromatic heterocycles. The third-order valence-corrected chi connectivity index (χ3v) is 3.24. The summed E-state index contributed by atoms with van der Waals surface area (Å²) in [6, 6.07) is 7.92. The first-order chi connectivity index (χ1) is 9.70. The highest BCUT2D eigenvalue weighted by Crippen LogP contribution is 2.30. The summed E-state index contributed by atoms with van der Waals surface area (Å²) in [5, 5.41) is 9.33. The molecule has 0 saturated heterocycles. The second-order valence-electron chi connectivity index (χ2n) is 4.87. The Morgan fingerprint density at radius 2 is 2.10 bits per heavy atom. The zero-order valence-electron chi connectivity index (χ0n) is 11.3. The van der Waals surface area contributed by atoms with E-state index in [1.165, 1.54) is 0 Å². The first-order valence-electron chi connectivity index (χ1n) is 6.40. The van der Waals surface area contributed by atoms with E-state index < -0.39 is 0 Å². The summed E-state index contributed by atoms with van der Waals surface area (Å²) in [6.45, 7) is 4.18. The van der Waals surface area contributed by atoms with Gasteiger partial charge in [-0.15, -0.1) is 0 Å². The molecule has 3 rings (SSSR count). The van der Waals surface area contributed by atoms with Crippen LogP contribution in [0.1, 0.15) is 30.9 Å². The van der Waals surface area contributed by atoms with Gasteiger partial charge < -0.3 is 4.98 Å². The molecule has 0 aliphatic heterocycles. The molecule has 0 amide bonds. The fourth-order valence-electron chi connectivity index (χ4n) is 2.25. The average molecular weight is 263 g/mol. The van der Waals surface area contributed by atoms with E-state index in [0.29, 0.717) is 17.0 Å². The van der Waals surface area contributed by atoms with Crippen LogP contribution in [0.25, 0.3) is 22.6 Å². The van der Waals surface area contributed by atoms with Gasteiger partial charge in [-0.25, -0.2) is 15.0 Å². The maximum absolute atomic E-state index is 9.33. The second kappa shape index (κ2) is 4.74. The van der Waals surface area contributed by atoms with Crippen LogP contribution in [0.15, 0.2) is 30.7 Å². The minimum absolute atomic E-state index is 0.289. The van der Waals surface area contributed by atoms with E-state index in [0.717, 1.165) is 16.6 Å². The van der Waals surface area contributed by atoms with Gasteiger partial charge in [-0.3, -0.25) is 0 Å². The Balaban J connectivity index is 2.29. The Hall–Kier alpha value is -2.74. The molecule has 3 aromatic rings. The van der Waals surface area contributed by atoms with E-state index in [-0.39, 0.29) is 5.92 Å². The number of hydrogen-bond acceptors (Lipinski definition) is 4. The van der Waals surface area contributed by atoms with Gasteiger partial charge in [0.15, 0.2) is 11.5 Å². The lowest BCUT2D eigenvalue weighted by Gasteiger charge is -2.12. The van der Waals surface area contributed by atoms with E-state index in [9.17, 15) is 5.26 Å². The third-order valence-electron chi connectivity index (χ3n) is 3.24. The number of H-pyrrole nitrogens is 1. The van der Waals surface area contributed by atoms with Gasteiger partial charge in [0.25, 0.3) is 0 Å². The van der Waals surface area contributed by atoms with Gasteiger partial charge in [0, 0.05) is 5.56 Å². The SMILES string of the molecule is CC(C)c1cccc(C#N)c1-c1ncc2[nH]cnc2n1. The summed E-state index contributed by atoms with van der Waals surface area (Å²) in [4.78, 5) is 15.9. The first-order valence-corrected chi connectivity index (χ1v) is 6.40. The number of imidazole rings is 1. The number of fused-ring (bicyclic) bond motifs is 1. The smallest absolute Gasteiger partial charge is 0.181 e. The van der Waals surface area contributed by atoms with Crippen molar-refractivity contribution in [1.82, 2.24) is 19.9 Å². The van der Waals surface area contributed by atoms with Crippen molar-refractivity contribution in [1.29, 1.82) is 5.26 Å². The molecule has 20 heavy (non-hydrogen) atoms. The summed E-state index contributed by atoms with van der Waals surface area (Å²) in [5.74, 6) is 0.835. The number of nitrogens with zero attached hydrogens (tertiary/aromatic N) is 4. The maximum atomic E-state index is 9.33. The lowest BCUT2D eigenvalue weighted by molar-refractivity contribution is 0.866. The number of aromatic nitrogens is 4. The molecular weight excluding hydrogens is 250 g/mol. The highest BCUT2D eigenvalue weighted by atomic mass is 15.0. The molecule has 0 aliphatic rings. The van der Waals surface area contributed by atoms with Crippen LogP contribution in [-0.4, -0.2) is 19.9 Å². The molecule has 0 radical (unpaired) electrons. The zero-order valence-corrected chi connectivity index (χ0v) is 11.3. The van der Waals surface area contributed by atoms with E-state index in [1.54, 1.807) is 18.6 Å². The molecule has 5 nitrogen and oxygen atoms in total. The van der Waals surface area contributed by atoms with Crippen LogP contribution >= 0.6 is 0 Å². The van der Waals surface area contributed by atoms with Crippen LogP contribution in [0.4, 0.5) is 0 Å². The topological polar surface area (TPSA) is 78.2 Å². The first kappa shape index (κ1) is 12.3. The summed E-state index contributed by atoms with van der Waals surface area (Å²) in [7, 11) is 0. The summed E-state index contributed by atoms with van der Waals surface area (Å²) in [6.07, 6.45) is 3.28. The molecule has 2 heterocycles. The van der Waals surface area contributed by atoms with Gasteiger partial charge >= 0.3 is 0 Å².